The zero-order chi connectivity index (χ0) is 22.6. The fourth-order valence-electron chi connectivity index (χ4n) is 4.61. The first-order valence-corrected chi connectivity index (χ1v) is 12.5. The van der Waals surface area contributed by atoms with Gasteiger partial charge in [-0.25, -0.2) is 4.79 Å². The van der Waals surface area contributed by atoms with Crippen molar-refractivity contribution in [2.24, 2.45) is 0 Å². The molecule has 0 aliphatic carbocycles. The molecule has 1 saturated heterocycles. The molecule has 33 heavy (non-hydrogen) atoms. The molecule has 0 radical (unpaired) electrons. The first kappa shape index (κ1) is 21.9. The van der Waals surface area contributed by atoms with E-state index in [-0.39, 0.29) is 5.25 Å². The summed E-state index contributed by atoms with van der Waals surface area (Å²) in [7, 11) is 0. The second kappa shape index (κ2) is 9.89. The summed E-state index contributed by atoms with van der Waals surface area (Å²) >= 11 is 1.88. The van der Waals surface area contributed by atoms with E-state index in [1.807, 2.05) is 17.8 Å². The maximum atomic E-state index is 11.6. The number of carboxylic acids is 1. The van der Waals surface area contributed by atoms with E-state index in [0.29, 0.717) is 12.2 Å². The third-order valence-electron chi connectivity index (χ3n) is 6.45. The number of benzene rings is 3. The number of hydrogen-bond donors (Lipinski definition) is 1. The summed E-state index contributed by atoms with van der Waals surface area (Å²) in [6, 6.07) is 24.2. The van der Waals surface area contributed by atoms with Gasteiger partial charge in [0.25, 0.3) is 0 Å². The molecule has 1 fully saturated rings. The number of carbonyl (C=O) groups is 1. The summed E-state index contributed by atoms with van der Waals surface area (Å²) in [5.74, 6) is 0.849. The lowest BCUT2D eigenvalue weighted by atomic mass is 9.98. The maximum absolute atomic E-state index is 11.6. The molecule has 1 N–H and O–H groups in total. The molecule has 2 aliphatic rings. The first-order valence-electron chi connectivity index (χ1n) is 11.4. The predicted octanol–water partition coefficient (Wildman–Crippen LogP) is 4.92. The number of nitrogens with zero attached hydrogens (tertiary/aromatic N) is 2. The quantitative estimate of drug-likeness (QED) is 0.563. The Balaban J connectivity index is 1.27. The minimum absolute atomic E-state index is 0.0589. The molecule has 3 aromatic rings. The van der Waals surface area contributed by atoms with E-state index in [2.05, 4.69) is 58.3 Å². The van der Waals surface area contributed by atoms with Crippen molar-refractivity contribution in [3.63, 3.8) is 0 Å². The Morgan fingerprint density at radius 2 is 1.70 bits per heavy atom. The van der Waals surface area contributed by atoms with E-state index in [1.165, 1.54) is 16.8 Å². The SMILES string of the molecule is O=C(O)c1ccc2c(c1)C(SCCN1CCN(c3ccccc3)CC1)c1ccccc1CO2. The summed E-state index contributed by atoms with van der Waals surface area (Å²) < 4.78 is 6.07. The number of hydrogen-bond acceptors (Lipinski definition) is 5. The van der Waals surface area contributed by atoms with Crippen LogP contribution in [0, 0.1) is 0 Å². The molecule has 5 nitrogen and oxygen atoms in total. The number of anilines is 1. The number of rotatable bonds is 6. The van der Waals surface area contributed by atoms with Crippen molar-refractivity contribution in [2.45, 2.75) is 11.9 Å². The summed E-state index contributed by atoms with van der Waals surface area (Å²) in [5, 5.41) is 9.59. The van der Waals surface area contributed by atoms with Crippen LogP contribution in [0.1, 0.15) is 32.3 Å². The van der Waals surface area contributed by atoms with Gasteiger partial charge in [-0.05, 0) is 41.5 Å². The molecule has 0 amide bonds. The standard InChI is InChI=1S/C27H28N2O3S/c30-27(31)20-10-11-25-24(18-20)26(23-9-5-4-6-21(23)19-32-25)33-17-16-28-12-14-29(15-13-28)22-7-2-1-3-8-22/h1-11,18,26H,12-17,19H2,(H,30,31). The molecule has 2 aliphatic heterocycles. The Labute approximate surface area is 199 Å². The summed E-state index contributed by atoms with van der Waals surface area (Å²) in [4.78, 5) is 16.6. The number of fused-ring (bicyclic) bond motifs is 2. The normalized spacial score (nSPS) is 18.1. The van der Waals surface area contributed by atoms with Crippen LogP contribution >= 0.6 is 11.8 Å². The first-order chi connectivity index (χ1) is 16.2. The van der Waals surface area contributed by atoms with Crippen LogP contribution in [0.4, 0.5) is 5.69 Å². The van der Waals surface area contributed by atoms with Gasteiger partial charge in [-0.2, -0.15) is 0 Å². The lowest BCUT2D eigenvalue weighted by molar-refractivity contribution is 0.0696. The lowest BCUT2D eigenvalue weighted by Crippen LogP contribution is -2.47. The topological polar surface area (TPSA) is 53.0 Å². The van der Waals surface area contributed by atoms with Crippen LogP contribution in [0.2, 0.25) is 0 Å². The molecule has 0 aromatic heterocycles. The summed E-state index contributed by atoms with van der Waals surface area (Å²) in [6.07, 6.45) is 0. The van der Waals surface area contributed by atoms with E-state index >= 15 is 0 Å². The summed E-state index contributed by atoms with van der Waals surface area (Å²) in [6.45, 7) is 5.72. The molecule has 170 valence electrons. The Bertz CT molecular complexity index is 1110. The van der Waals surface area contributed by atoms with Gasteiger partial charge >= 0.3 is 5.97 Å². The number of ether oxygens (including phenoxy) is 1. The second-order valence-electron chi connectivity index (χ2n) is 8.46. The largest absolute Gasteiger partial charge is 0.489 e. The number of para-hydroxylation sites is 1. The predicted molar refractivity (Wildman–Crippen MR) is 134 cm³/mol. The molecule has 6 heteroatoms. The van der Waals surface area contributed by atoms with Crippen LogP contribution in [-0.2, 0) is 6.61 Å². The average molecular weight is 461 g/mol. The van der Waals surface area contributed by atoms with Crippen LogP contribution in [0.3, 0.4) is 0 Å². The van der Waals surface area contributed by atoms with E-state index in [0.717, 1.165) is 49.8 Å². The fraction of sp³-hybridized carbons (Fsp3) is 0.296. The van der Waals surface area contributed by atoms with Gasteiger partial charge in [-0.1, -0.05) is 42.5 Å². The molecule has 0 spiro atoms. The smallest absolute Gasteiger partial charge is 0.335 e. The highest BCUT2D eigenvalue weighted by atomic mass is 32.2. The van der Waals surface area contributed by atoms with Crippen molar-refractivity contribution in [3.8, 4) is 5.75 Å². The van der Waals surface area contributed by atoms with Crippen molar-refractivity contribution < 1.29 is 14.6 Å². The van der Waals surface area contributed by atoms with Crippen LogP contribution in [0.15, 0.2) is 72.8 Å². The van der Waals surface area contributed by atoms with Crippen molar-refractivity contribution in [1.29, 1.82) is 0 Å². The number of thioether (sulfide) groups is 1. The van der Waals surface area contributed by atoms with Gasteiger partial charge in [0.15, 0.2) is 0 Å². The van der Waals surface area contributed by atoms with E-state index < -0.39 is 5.97 Å². The monoisotopic (exact) mass is 460 g/mol. The molecular weight excluding hydrogens is 432 g/mol. The van der Waals surface area contributed by atoms with Crippen LogP contribution in [0.5, 0.6) is 5.75 Å². The van der Waals surface area contributed by atoms with Gasteiger partial charge in [0.05, 0.1) is 10.8 Å². The minimum atomic E-state index is -0.907. The number of aromatic carboxylic acids is 1. The third-order valence-corrected chi connectivity index (χ3v) is 7.71. The van der Waals surface area contributed by atoms with E-state index in [9.17, 15) is 9.90 Å². The molecule has 1 atom stereocenters. The van der Waals surface area contributed by atoms with Gasteiger partial charge in [-0.3, -0.25) is 4.90 Å². The van der Waals surface area contributed by atoms with Gasteiger partial charge in [-0.15, -0.1) is 11.8 Å². The van der Waals surface area contributed by atoms with Crippen LogP contribution < -0.4 is 9.64 Å². The lowest BCUT2D eigenvalue weighted by Gasteiger charge is -2.36. The molecule has 1 unspecified atom stereocenters. The molecular formula is C27H28N2O3S. The molecule has 0 saturated carbocycles. The molecule has 3 aromatic carbocycles. The maximum Gasteiger partial charge on any atom is 0.335 e. The Morgan fingerprint density at radius 3 is 2.48 bits per heavy atom. The average Bonchev–Trinajstić information content (AvgIpc) is 3.02. The fourth-order valence-corrected chi connectivity index (χ4v) is 5.98. The third kappa shape index (κ3) is 4.87. The molecule has 0 bridgehead atoms. The van der Waals surface area contributed by atoms with Crippen LogP contribution in [0.25, 0.3) is 0 Å². The highest BCUT2D eigenvalue weighted by Crippen LogP contribution is 2.44. The Morgan fingerprint density at radius 1 is 0.939 bits per heavy atom. The number of piperazine rings is 1. The molecule has 5 rings (SSSR count). The van der Waals surface area contributed by atoms with Crippen molar-refractivity contribution in [1.82, 2.24) is 4.90 Å². The second-order valence-corrected chi connectivity index (χ2v) is 9.67. The van der Waals surface area contributed by atoms with E-state index in [1.54, 1.807) is 18.2 Å². The van der Waals surface area contributed by atoms with E-state index in [4.69, 9.17) is 4.74 Å². The number of carboxylic acid groups (broad SMARTS) is 1. The van der Waals surface area contributed by atoms with Gasteiger partial charge in [0.1, 0.15) is 12.4 Å². The highest BCUT2D eigenvalue weighted by Gasteiger charge is 2.26. The van der Waals surface area contributed by atoms with Gasteiger partial charge in [0.2, 0.25) is 0 Å². The Kier molecular flexibility index (Phi) is 6.55. The van der Waals surface area contributed by atoms with Gasteiger partial charge in [0, 0.05) is 49.7 Å². The van der Waals surface area contributed by atoms with Gasteiger partial charge < -0.3 is 14.7 Å². The molecule has 2 heterocycles. The van der Waals surface area contributed by atoms with Crippen molar-refractivity contribution in [3.05, 3.63) is 95.1 Å². The zero-order valence-corrected chi connectivity index (χ0v) is 19.3. The van der Waals surface area contributed by atoms with Crippen molar-refractivity contribution in [2.75, 3.05) is 43.4 Å². The minimum Gasteiger partial charge on any atom is -0.489 e. The Hall–Kier alpha value is -2.96. The highest BCUT2D eigenvalue weighted by molar-refractivity contribution is 7.99. The zero-order valence-electron chi connectivity index (χ0n) is 18.5. The van der Waals surface area contributed by atoms with Crippen LogP contribution in [-0.4, -0.2) is 54.5 Å². The van der Waals surface area contributed by atoms with Crippen molar-refractivity contribution >= 4 is 23.4 Å². The summed E-state index contributed by atoms with van der Waals surface area (Å²) in [5.41, 5.74) is 4.95.